The molecule has 2 aromatic rings. The standard InChI is InChI=1S/C19H20ClNO3/c1-19(2)10-9-13-3-8-16(11-17(13)24-19)23-12-18(22)21-15-6-4-14(20)5-7-15/h3-8,11H,9-10,12H2,1-2H3,(H,21,22). The molecule has 2 aromatic carbocycles. The van der Waals surface area contributed by atoms with Crippen LogP contribution in [0.5, 0.6) is 11.5 Å². The van der Waals surface area contributed by atoms with E-state index in [0.717, 1.165) is 18.6 Å². The Morgan fingerprint density at radius 2 is 2.00 bits per heavy atom. The molecule has 24 heavy (non-hydrogen) atoms. The van der Waals surface area contributed by atoms with E-state index < -0.39 is 0 Å². The summed E-state index contributed by atoms with van der Waals surface area (Å²) in [6.07, 6.45) is 1.98. The average Bonchev–Trinajstić information content (AvgIpc) is 2.54. The van der Waals surface area contributed by atoms with Crippen LogP contribution in [-0.2, 0) is 11.2 Å². The summed E-state index contributed by atoms with van der Waals surface area (Å²) in [7, 11) is 0. The quantitative estimate of drug-likeness (QED) is 0.889. The van der Waals surface area contributed by atoms with Gasteiger partial charge in [-0.2, -0.15) is 0 Å². The number of benzene rings is 2. The second-order valence-corrected chi connectivity index (χ2v) is 6.91. The number of halogens is 1. The lowest BCUT2D eigenvalue weighted by Crippen LogP contribution is -2.32. The van der Waals surface area contributed by atoms with Crippen LogP contribution in [0.15, 0.2) is 42.5 Å². The molecule has 3 rings (SSSR count). The summed E-state index contributed by atoms with van der Waals surface area (Å²) in [4.78, 5) is 12.0. The largest absolute Gasteiger partial charge is 0.487 e. The third-order valence-electron chi connectivity index (χ3n) is 3.92. The molecule has 0 radical (unpaired) electrons. The molecule has 0 saturated carbocycles. The van der Waals surface area contributed by atoms with Crippen molar-refractivity contribution in [2.24, 2.45) is 0 Å². The van der Waals surface area contributed by atoms with Gasteiger partial charge in [-0.25, -0.2) is 0 Å². The number of hydrogen-bond donors (Lipinski definition) is 1. The summed E-state index contributed by atoms with van der Waals surface area (Å²) in [5.74, 6) is 1.23. The van der Waals surface area contributed by atoms with E-state index >= 15 is 0 Å². The number of carbonyl (C=O) groups is 1. The summed E-state index contributed by atoms with van der Waals surface area (Å²) < 4.78 is 11.6. The van der Waals surface area contributed by atoms with Gasteiger partial charge in [-0.1, -0.05) is 17.7 Å². The van der Waals surface area contributed by atoms with Crippen LogP contribution in [0.3, 0.4) is 0 Å². The van der Waals surface area contributed by atoms with Crippen molar-refractivity contribution in [3.8, 4) is 11.5 Å². The molecule has 0 aromatic heterocycles. The number of ether oxygens (including phenoxy) is 2. The Hall–Kier alpha value is -2.20. The molecular weight excluding hydrogens is 326 g/mol. The molecule has 1 heterocycles. The molecule has 1 amide bonds. The van der Waals surface area contributed by atoms with Crippen LogP contribution in [0.25, 0.3) is 0 Å². The Morgan fingerprint density at radius 1 is 1.25 bits per heavy atom. The zero-order valence-corrected chi connectivity index (χ0v) is 14.5. The molecule has 0 atom stereocenters. The number of anilines is 1. The predicted octanol–water partition coefficient (Wildman–Crippen LogP) is 4.46. The lowest BCUT2D eigenvalue weighted by Gasteiger charge is -2.32. The van der Waals surface area contributed by atoms with Crippen molar-refractivity contribution in [1.29, 1.82) is 0 Å². The molecule has 0 aliphatic carbocycles. The fourth-order valence-electron chi connectivity index (χ4n) is 2.59. The third kappa shape index (κ3) is 4.20. The van der Waals surface area contributed by atoms with Gasteiger partial charge in [0.1, 0.15) is 17.1 Å². The molecule has 4 nitrogen and oxygen atoms in total. The molecule has 0 fully saturated rings. The van der Waals surface area contributed by atoms with Crippen molar-refractivity contribution in [3.05, 3.63) is 53.1 Å². The molecular formula is C19H20ClNO3. The van der Waals surface area contributed by atoms with E-state index in [4.69, 9.17) is 21.1 Å². The van der Waals surface area contributed by atoms with Crippen LogP contribution in [0.1, 0.15) is 25.8 Å². The van der Waals surface area contributed by atoms with Crippen LogP contribution in [0.2, 0.25) is 5.02 Å². The van der Waals surface area contributed by atoms with E-state index in [1.165, 1.54) is 5.56 Å². The maximum Gasteiger partial charge on any atom is 0.262 e. The Bertz CT molecular complexity index is 741. The fourth-order valence-corrected chi connectivity index (χ4v) is 2.72. The minimum Gasteiger partial charge on any atom is -0.487 e. The fraction of sp³-hybridized carbons (Fsp3) is 0.316. The predicted molar refractivity (Wildman–Crippen MR) is 95.0 cm³/mol. The highest BCUT2D eigenvalue weighted by molar-refractivity contribution is 6.30. The summed E-state index contributed by atoms with van der Waals surface area (Å²) >= 11 is 5.82. The molecule has 126 valence electrons. The third-order valence-corrected chi connectivity index (χ3v) is 4.17. The second-order valence-electron chi connectivity index (χ2n) is 6.48. The van der Waals surface area contributed by atoms with Gasteiger partial charge in [-0.3, -0.25) is 4.79 Å². The Balaban J connectivity index is 1.58. The van der Waals surface area contributed by atoms with Crippen molar-refractivity contribution in [3.63, 3.8) is 0 Å². The summed E-state index contributed by atoms with van der Waals surface area (Å²) in [5.41, 5.74) is 1.69. The van der Waals surface area contributed by atoms with Crippen molar-refractivity contribution in [2.45, 2.75) is 32.3 Å². The number of aryl methyl sites for hydroxylation is 1. The van der Waals surface area contributed by atoms with Crippen LogP contribution >= 0.6 is 11.6 Å². The zero-order chi connectivity index (χ0) is 17.2. The van der Waals surface area contributed by atoms with Gasteiger partial charge in [0, 0.05) is 16.8 Å². The SMILES string of the molecule is CC1(C)CCc2ccc(OCC(=O)Nc3ccc(Cl)cc3)cc2O1. The van der Waals surface area contributed by atoms with E-state index in [1.807, 2.05) is 18.2 Å². The monoisotopic (exact) mass is 345 g/mol. The van der Waals surface area contributed by atoms with E-state index in [-0.39, 0.29) is 18.1 Å². The lowest BCUT2D eigenvalue weighted by atomic mass is 9.94. The molecule has 0 saturated heterocycles. The van der Waals surface area contributed by atoms with Gasteiger partial charge in [0.25, 0.3) is 5.91 Å². The van der Waals surface area contributed by atoms with Gasteiger partial charge >= 0.3 is 0 Å². The van der Waals surface area contributed by atoms with Gasteiger partial charge in [0.2, 0.25) is 0 Å². The highest BCUT2D eigenvalue weighted by atomic mass is 35.5. The first-order chi connectivity index (χ1) is 11.4. The first-order valence-electron chi connectivity index (χ1n) is 7.91. The maximum absolute atomic E-state index is 12.0. The van der Waals surface area contributed by atoms with Crippen LogP contribution in [-0.4, -0.2) is 18.1 Å². The van der Waals surface area contributed by atoms with Gasteiger partial charge in [-0.05, 0) is 62.6 Å². The smallest absolute Gasteiger partial charge is 0.262 e. The van der Waals surface area contributed by atoms with E-state index in [1.54, 1.807) is 24.3 Å². The second kappa shape index (κ2) is 6.73. The lowest BCUT2D eigenvalue weighted by molar-refractivity contribution is -0.118. The molecule has 0 spiro atoms. The highest BCUT2D eigenvalue weighted by Crippen LogP contribution is 2.35. The van der Waals surface area contributed by atoms with Crippen LogP contribution in [0.4, 0.5) is 5.69 Å². The topological polar surface area (TPSA) is 47.6 Å². The van der Waals surface area contributed by atoms with Crippen molar-refractivity contribution in [1.82, 2.24) is 0 Å². The van der Waals surface area contributed by atoms with Gasteiger partial charge in [0.15, 0.2) is 6.61 Å². The number of fused-ring (bicyclic) bond motifs is 1. The summed E-state index contributed by atoms with van der Waals surface area (Å²) in [6, 6.07) is 12.7. The number of rotatable bonds is 4. The number of amides is 1. The molecule has 0 unspecified atom stereocenters. The minimum absolute atomic E-state index is 0.0647. The summed E-state index contributed by atoms with van der Waals surface area (Å²) in [6.45, 7) is 4.08. The molecule has 1 N–H and O–H groups in total. The molecule has 1 aliphatic heterocycles. The van der Waals surface area contributed by atoms with Crippen molar-refractivity contribution < 1.29 is 14.3 Å². The van der Waals surface area contributed by atoms with Crippen molar-refractivity contribution >= 4 is 23.2 Å². The van der Waals surface area contributed by atoms with Crippen LogP contribution in [0, 0.1) is 0 Å². The van der Waals surface area contributed by atoms with E-state index in [2.05, 4.69) is 19.2 Å². The molecule has 1 aliphatic rings. The first kappa shape index (κ1) is 16.7. The Morgan fingerprint density at radius 3 is 2.75 bits per heavy atom. The normalized spacial score (nSPS) is 15.1. The maximum atomic E-state index is 12.0. The molecule has 0 bridgehead atoms. The number of nitrogens with one attached hydrogen (secondary N) is 1. The average molecular weight is 346 g/mol. The summed E-state index contributed by atoms with van der Waals surface area (Å²) in [5, 5.41) is 3.39. The Kier molecular flexibility index (Phi) is 4.67. The highest BCUT2D eigenvalue weighted by Gasteiger charge is 2.26. The molecule has 5 heteroatoms. The number of carbonyl (C=O) groups excluding carboxylic acids is 1. The zero-order valence-electron chi connectivity index (χ0n) is 13.8. The van der Waals surface area contributed by atoms with Crippen LogP contribution < -0.4 is 14.8 Å². The van der Waals surface area contributed by atoms with E-state index in [9.17, 15) is 4.79 Å². The Labute approximate surface area is 146 Å². The van der Waals surface area contributed by atoms with Gasteiger partial charge < -0.3 is 14.8 Å². The van der Waals surface area contributed by atoms with Crippen molar-refractivity contribution in [2.75, 3.05) is 11.9 Å². The van der Waals surface area contributed by atoms with E-state index in [0.29, 0.717) is 16.5 Å². The number of hydrogen-bond acceptors (Lipinski definition) is 3. The minimum atomic E-state index is -0.226. The van der Waals surface area contributed by atoms with Gasteiger partial charge in [-0.15, -0.1) is 0 Å². The first-order valence-corrected chi connectivity index (χ1v) is 8.29. The van der Waals surface area contributed by atoms with Gasteiger partial charge in [0.05, 0.1) is 0 Å².